The molecule has 0 atom stereocenters. The number of nitrogen functional groups attached to an aromatic ring is 1. The summed E-state index contributed by atoms with van der Waals surface area (Å²) in [4.78, 5) is 0. The molecule has 0 fully saturated rings. The molecule has 0 amide bonds. The Bertz CT molecular complexity index is 420. The topological polar surface area (TPSA) is 61.7 Å². The Morgan fingerprint density at radius 2 is 2.21 bits per heavy atom. The molecule has 74 valence electrons. The molecule has 0 aliphatic rings. The van der Waals surface area contributed by atoms with Crippen LogP contribution in [0.25, 0.3) is 0 Å². The van der Waals surface area contributed by atoms with E-state index < -0.39 is 0 Å². The van der Waals surface area contributed by atoms with Gasteiger partial charge in [-0.25, -0.2) is 0 Å². The van der Waals surface area contributed by atoms with Gasteiger partial charge in [0.05, 0.1) is 12.2 Å². The monoisotopic (exact) mass is 191 g/mol. The lowest BCUT2D eigenvalue weighted by Gasteiger charge is -1.96. The molecule has 0 aromatic carbocycles. The van der Waals surface area contributed by atoms with E-state index in [9.17, 15) is 0 Å². The average Bonchev–Trinajstić information content (AvgIpc) is 2.62. The molecule has 0 radical (unpaired) electrons. The van der Waals surface area contributed by atoms with Crippen molar-refractivity contribution in [3.63, 3.8) is 0 Å². The number of anilines is 1. The fourth-order valence-electron chi connectivity index (χ4n) is 1.34. The minimum absolute atomic E-state index is 0.539. The molecule has 2 rings (SSSR count). The van der Waals surface area contributed by atoms with Crippen molar-refractivity contribution in [2.45, 2.75) is 13.5 Å². The van der Waals surface area contributed by atoms with Crippen LogP contribution in [0.5, 0.6) is 0 Å². The van der Waals surface area contributed by atoms with Gasteiger partial charge in [0.1, 0.15) is 5.82 Å². The lowest BCUT2D eigenvalue weighted by atomic mass is 10.4. The van der Waals surface area contributed by atoms with Crippen molar-refractivity contribution in [1.82, 2.24) is 19.6 Å². The van der Waals surface area contributed by atoms with E-state index in [0.717, 1.165) is 11.4 Å². The zero-order chi connectivity index (χ0) is 10.1. The van der Waals surface area contributed by atoms with Crippen LogP contribution in [0.3, 0.4) is 0 Å². The molecule has 0 aliphatic carbocycles. The summed E-state index contributed by atoms with van der Waals surface area (Å²) in [6, 6.07) is 3.81. The molecular weight excluding hydrogens is 178 g/mol. The highest BCUT2D eigenvalue weighted by Gasteiger charge is 2.02. The first-order valence-electron chi connectivity index (χ1n) is 4.43. The van der Waals surface area contributed by atoms with Gasteiger partial charge < -0.3 is 5.73 Å². The predicted octanol–water partition coefficient (Wildman–Crippen LogP) is 0.556. The third kappa shape index (κ3) is 1.61. The van der Waals surface area contributed by atoms with Crippen molar-refractivity contribution in [3.8, 4) is 0 Å². The Morgan fingerprint density at radius 3 is 2.71 bits per heavy atom. The first-order chi connectivity index (χ1) is 6.65. The van der Waals surface area contributed by atoms with Crippen LogP contribution in [0.1, 0.15) is 11.4 Å². The van der Waals surface area contributed by atoms with Crippen LogP contribution in [0.15, 0.2) is 18.3 Å². The van der Waals surface area contributed by atoms with Crippen molar-refractivity contribution >= 4 is 5.82 Å². The highest BCUT2D eigenvalue weighted by molar-refractivity contribution is 5.24. The normalized spacial score (nSPS) is 10.7. The largest absolute Gasteiger partial charge is 0.382 e. The Balaban J connectivity index is 2.18. The Hall–Kier alpha value is -1.78. The SMILES string of the molecule is Cc1cc(Cn2ccc(N)n2)nn1C. The van der Waals surface area contributed by atoms with E-state index in [0.29, 0.717) is 12.4 Å². The second-order valence-electron chi connectivity index (χ2n) is 3.34. The lowest BCUT2D eigenvalue weighted by molar-refractivity contribution is 0.649. The maximum Gasteiger partial charge on any atom is 0.145 e. The number of rotatable bonds is 2. The van der Waals surface area contributed by atoms with E-state index in [4.69, 9.17) is 5.73 Å². The van der Waals surface area contributed by atoms with Gasteiger partial charge in [-0.2, -0.15) is 10.2 Å². The molecule has 2 heterocycles. The molecule has 2 aromatic heterocycles. The van der Waals surface area contributed by atoms with Gasteiger partial charge in [0.15, 0.2) is 0 Å². The van der Waals surface area contributed by atoms with Gasteiger partial charge in [-0.1, -0.05) is 0 Å². The zero-order valence-corrected chi connectivity index (χ0v) is 8.31. The molecule has 0 aliphatic heterocycles. The standard InChI is InChI=1S/C9H13N5/c1-7-5-8(11-13(7)2)6-14-4-3-9(10)12-14/h3-5H,6H2,1-2H3,(H2,10,12). The Kier molecular flexibility index (Phi) is 1.99. The van der Waals surface area contributed by atoms with Crippen molar-refractivity contribution in [2.24, 2.45) is 7.05 Å². The Labute approximate surface area is 82.1 Å². The summed E-state index contributed by atoms with van der Waals surface area (Å²) >= 11 is 0. The van der Waals surface area contributed by atoms with Crippen LogP contribution in [0.2, 0.25) is 0 Å². The number of hydrogen-bond donors (Lipinski definition) is 1. The number of aryl methyl sites for hydroxylation is 2. The van der Waals surface area contributed by atoms with Crippen molar-refractivity contribution < 1.29 is 0 Å². The molecule has 0 bridgehead atoms. The van der Waals surface area contributed by atoms with E-state index in [-0.39, 0.29) is 0 Å². The number of hydrogen-bond acceptors (Lipinski definition) is 3. The quantitative estimate of drug-likeness (QED) is 0.754. The van der Waals surface area contributed by atoms with Crippen LogP contribution in [-0.2, 0) is 13.6 Å². The summed E-state index contributed by atoms with van der Waals surface area (Å²) in [6.07, 6.45) is 1.85. The van der Waals surface area contributed by atoms with Crippen LogP contribution < -0.4 is 5.73 Å². The number of aromatic nitrogens is 4. The van der Waals surface area contributed by atoms with E-state index in [1.54, 1.807) is 10.7 Å². The summed E-state index contributed by atoms with van der Waals surface area (Å²) in [7, 11) is 1.93. The smallest absolute Gasteiger partial charge is 0.145 e. The minimum Gasteiger partial charge on any atom is -0.382 e. The highest BCUT2D eigenvalue weighted by Crippen LogP contribution is 2.04. The maximum absolute atomic E-state index is 5.51. The van der Waals surface area contributed by atoms with Crippen LogP contribution in [0.4, 0.5) is 5.82 Å². The summed E-state index contributed by atoms with van der Waals surface area (Å²) in [6.45, 7) is 2.69. The fraction of sp³-hybridized carbons (Fsp3) is 0.333. The third-order valence-corrected chi connectivity index (χ3v) is 2.15. The van der Waals surface area contributed by atoms with Crippen molar-refractivity contribution in [1.29, 1.82) is 0 Å². The van der Waals surface area contributed by atoms with E-state index in [1.165, 1.54) is 0 Å². The second kappa shape index (κ2) is 3.17. The molecule has 0 spiro atoms. The first-order valence-corrected chi connectivity index (χ1v) is 4.43. The predicted molar refractivity (Wildman–Crippen MR) is 53.7 cm³/mol. The van der Waals surface area contributed by atoms with Gasteiger partial charge >= 0.3 is 0 Å². The van der Waals surface area contributed by atoms with Gasteiger partial charge in [-0.3, -0.25) is 9.36 Å². The minimum atomic E-state index is 0.539. The van der Waals surface area contributed by atoms with Crippen LogP contribution in [0, 0.1) is 6.92 Å². The maximum atomic E-state index is 5.51. The summed E-state index contributed by atoms with van der Waals surface area (Å²) < 4.78 is 3.62. The fourth-order valence-corrected chi connectivity index (χ4v) is 1.34. The Morgan fingerprint density at radius 1 is 1.43 bits per heavy atom. The van der Waals surface area contributed by atoms with Gasteiger partial charge in [0.25, 0.3) is 0 Å². The lowest BCUT2D eigenvalue weighted by Crippen LogP contribution is -2.02. The molecule has 2 N–H and O–H groups in total. The molecule has 14 heavy (non-hydrogen) atoms. The number of nitrogens with zero attached hydrogens (tertiary/aromatic N) is 4. The van der Waals surface area contributed by atoms with Crippen LogP contribution in [-0.4, -0.2) is 19.6 Å². The average molecular weight is 191 g/mol. The van der Waals surface area contributed by atoms with Gasteiger partial charge in [0.2, 0.25) is 0 Å². The number of nitrogens with two attached hydrogens (primary N) is 1. The summed E-state index contributed by atoms with van der Waals surface area (Å²) in [5.74, 6) is 0.539. The molecule has 0 unspecified atom stereocenters. The van der Waals surface area contributed by atoms with Gasteiger partial charge in [-0.15, -0.1) is 0 Å². The molecular formula is C9H13N5. The van der Waals surface area contributed by atoms with E-state index >= 15 is 0 Å². The molecule has 0 saturated carbocycles. The highest BCUT2D eigenvalue weighted by atomic mass is 15.3. The van der Waals surface area contributed by atoms with E-state index in [2.05, 4.69) is 10.2 Å². The first kappa shape index (κ1) is 8.80. The molecule has 2 aromatic rings. The van der Waals surface area contributed by atoms with Crippen LogP contribution >= 0.6 is 0 Å². The zero-order valence-electron chi connectivity index (χ0n) is 8.31. The van der Waals surface area contributed by atoms with Crippen molar-refractivity contribution in [2.75, 3.05) is 5.73 Å². The summed E-state index contributed by atoms with van der Waals surface area (Å²) in [5, 5.41) is 8.42. The second-order valence-corrected chi connectivity index (χ2v) is 3.34. The molecule has 5 nitrogen and oxygen atoms in total. The molecule has 0 saturated heterocycles. The van der Waals surface area contributed by atoms with E-state index in [1.807, 2.05) is 30.9 Å². The van der Waals surface area contributed by atoms with Gasteiger partial charge in [-0.05, 0) is 19.1 Å². The third-order valence-electron chi connectivity index (χ3n) is 2.15. The van der Waals surface area contributed by atoms with Gasteiger partial charge in [0, 0.05) is 18.9 Å². The molecule has 5 heteroatoms. The summed E-state index contributed by atoms with van der Waals surface area (Å²) in [5.41, 5.74) is 7.64. The van der Waals surface area contributed by atoms with Crippen molar-refractivity contribution in [3.05, 3.63) is 29.7 Å².